The maximum atomic E-state index is 2.31. The monoisotopic (exact) mass is 159 g/mol. The van der Waals surface area contributed by atoms with Crippen molar-refractivity contribution in [1.82, 2.24) is 4.90 Å². The molecule has 70 valence electrons. The molecule has 0 aliphatic carbocycles. The molecule has 0 bridgehead atoms. The first-order valence-electron chi connectivity index (χ1n) is 4.81. The van der Waals surface area contributed by atoms with Crippen LogP contribution in [-0.4, -0.2) is 25.5 Å². The van der Waals surface area contributed by atoms with Crippen LogP contribution in [0.2, 0.25) is 0 Å². The highest BCUT2D eigenvalue weighted by Gasteiger charge is 1.97. The lowest BCUT2D eigenvalue weighted by atomic mass is 10.1. The van der Waals surface area contributed by atoms with Crippen molar-refractivity contribution < 1.29 is 0 Å². The van der Waals surface area contributed by atoms with Crippen LogP contribution in [0, 0.1) is 5.92 Å². The Morgan fingerprint density at radius 2 is 1.64 bits per heavy atom. The van der Waals surface area contributed by atoms with Crippen LogP contribution in [0.1, 0.15) is 40.5 Å². The molecule has 0 spiro atoms. The Kier molecular flexibility index (Phi) is 12.3. The van der Waals surface area contributed by atoms with Gasteiger partial charge in [0.2, 0.25) is 0 Å². The van der Waals surface area contributed by atoms with Gasteiger partial charge in [-0.15, -0.1) is 0 Å². The molecule has 0 aromatic heterocycles. The molecule has 0 saturated heterocycles. The fourth-order valence-corrected chi connectivity index (χ4v) is 0.683. The molecule has 0 aliphatic heterocycles. The van der Waals surface area contributed by atoms with E-state index in [0.29, 0.717) is 0 Å². The Bertz CT molecular complexity index is 59.9. The van der Waals surface area contributed by atoms with E-state index < -0.39 is 0 Å². The Morgan fingerprint density at radius 1 is 1.18 bits per heavy atom. The average molecular weight is 159 g/mol. The van der Waals surface area contributed by atoms with Crippen LogP contribution >= 0.6 is 0 Å². The lowest BCUT2D eigenvalue weighted by Crippen LogP contribution is -2.15. The van der Waals surface area contributed by atoms with E-state index >= 15 is 0 Å². The molecule has 0 N–H and O–H groups in total. The van der Waals surface area contributed by atoms with Gasteiger partial charge in [0.1, 0.15) is 0 Å². The first-order chi connectivity index (χ1) is 5.16. The molecule has 1 heteroatoms. The molecular weight excluding hydrogens is 134 g/mol. The molecule has 0 rings (SSSR count). The van der Waals surface area contributed by atoms with Crippen LogP contribution in [-0.2, 0) is 0 Å². The summed E-state index contributed by atoms with van der Waals surface area (Å²) in [5.74, 6) is 0.896. The average Bonchev–Trinajstić information content (AvgIpc) is 2.04. The van der Waals surface area contributed by atoms with E-state index in [1.165, 1.54) is 19.4 Å². The van der Waals surface area contributed by atoms with Gasteiger partial charge in [-0.05, 0) is 33.0 Å². The Labute approximate surface area is 72.8 Å². The summed E-state index contributed by atoms with van der Waals surface area (Å²) in [6.45, 7) is 9.79. The number of hydrogen-bond acceptors (Lipinski definition) is 1. The van der Waals surface area contributed by atoms with Gasteiger partial charge in [0.05, 0.1) is 0 Å². The van der Waals surface area contributed by atoms with Crippen molar-refractivity contribution in [2.24, 2.45) is 5.92 Å². The second-order valence-corrected chi connectivity index (χ2v) is 3.11. The van der Waals surface area contributed by atoms with Crippen molar-refractivity contribution >= 4 is 0 Å². The van der Waals surface area contributed by atoms with E-state index in [1.54, 1.807) is 0 Å². The minimum Gasteiger partial charge on any atom is -0.309 e. The van der Waals surface area contributed by atoms with Gasteiger partial charge in [0.25, 0.3) is 0 Å². The van der Waals surface area contributed by atoms with Crippen molar-refractivity contribution in [2.45, 2.75) is 40.5 Å². The van der Waals surface area contributed by atoms with Crippen LogP contribution in [0.5, 0.6) is 0 Å². The lowest BCUT2D eigenvalue weighted by Gasteiger charge is -2.12. The van der Waals surface area contributed by atoms with Crippen molar-refractivity contribution in [1.29, 1.82) is 0 Å². The molecular formula is C10H25N. The molecule has 0 heterocycles. The molecule has 0 saturated carbocycles. The standard InChI is InChI=1S/C8H19N.C2H6/c1-5-8(2)6-7-9(3)4;1-2/h8H,5-7H2,1-4H3;1-2H3. The minimum absolute atomic E-state index is 0.896. The summed E-state index contributed by atoms with van der Waals surface area (Å²) in [5, 5.41) is 0. The molecule has 11 heavy (non-hydrogen) atoms. The molecule has 0 aromatic rings. The molecule has 1 atom stereocenters. The molecule has 0 aromatic carbocycles. The lowest BCUT2D eigenvalue weighted by molar-refractivity contribution is 0.356. The van der Waals surface area contributed by atoms with Crippen molar-refractivity contribution in [3.63, 3.8) is 0 Å². The zero-order valence-corrected chi connectivity index (χ0v) is 9.15. The fourth-order valence-electron chi connectivity index (χ4n) is 0.683. The third kappa shape index (κ3) is 13.0. The minimum atomic E-state index is 0.896. The van der Waals surface area contributed by atoms with Gasteiger partial charge in [-0.25, -0.2) is 0 Å². The highest BCUT2D eigenvalue weighted by Crippen LogP contribution is 2.05. The van der Waals surface area contributed by atoms with Gasteiger partial charge < -0.3 is 4.90 Å². The maximum absolute atomic E-state index is 2.31. The van der Waals surface area contributed by atoms with E-state index in [2.05, 4.69) is 32.8 Å². The first-order valence-corrected chi connectivity index (χ1v) is 4.81. The highest BCUT2D eigenvalue weighted by atomic mass is 15.0. The molecule has 0 fully saturated rings. The predicted octanol–water partition coefficient (Wildman–Crippen LogP) is 3.01. The third-order valence-corrected chi connectivity index (χ3v) is 1.77. The van der Waals surface area contributed by atoms with Crippen LogP contribution in [0.25, 0.3) is 0 Å². The van der Waals surface area contributed by atoms with Crippen LogP contribution in [0.3, 0.4) is 0 Å². The topological polar surface area (TPSA) is 3.24 Å². The van der Waals surface area contributed by atoms with Crippen LogP contribution in [0.15, 0.2) is 0 Å². The van der Waals surface area contributed by atoms with Crippen molar-refractivity contribution in [3.8, 4) is 0 Å². The Morgan fingerprint density at radius 3 is 1.91 bits per heavy atom. The molecule has 0 radical (unpaired) electrons. The highest BCUT2D eigenvalue weighted by molar-refractivity contribution is 4.51. The summed E-state index contributed by atoms with van der Waals surface area (Å²) < 4.78 is 0. The van der Waals surface area contributed by atoms with Gasteiger partial charge in [-0.1, -0.05) is 34.1 Å². The third-order valence-electron chi connectivity index (χ3n) is 1.77. The second kappa shape index (κ2) is 9.96. The van der Waals surface area contributed by atoms with Gasteiger partial charge >= 0.3 is 0 Å². The quantitative estimate of drug-likeness (QED) is 0.609. The number of nitrogens with zero attached hydrogens (tertiary/aromatic N) is 1. The normalized spacial score (nSPS) is 12.3. The SMILES string of the molecule is CC.CCC(C)CCN(C)C. The zero-order chi connectivity index (χ0) is 9.28. The van der Waals surface area contributed by atoms with E-state index in [4.69, 9.17) is 0 Å². The maximum Gasteiger partial charge on any atom is -0.00223 e. The Balaban J connectivity index is 0. The molecule has 0 amide bonds. The summed E-state index contributed by atoms with van der Waals surface area (Å²) in [4.78, 5) is 2.24. The summed E-state index contributed by atoms with van der Waals surface area (Å²) in [6, 6.07) is 0. The van der Waals surface area contributed by atoms with Crippen molar-refractivity contribution in [2.75, 3.05) is 20.6 Å². The fraction of sp³-hybridized carbons (Fsp3) is 1.00. The van der Waals surface area contributed by atoms with Gasteiger partial charge in [-0.2, -0.15) is 0 Å². The summed E-state index contributed by atoms with van der Waals surface area (Å²) >= 11 is 0. The molecule has 0 aliphatic rings. The summed E-state index contributed by atoms with van der Waals surface area (Å²) in [7, 11) is 4.25. The summed E-state index contributed by atoms with van der Waals surface area (Å²) in [5.41, 5.74) is 0. The molecule has 1 nitrogen and oxygen atoms in total. The largest absolute Gasteiger partial charge is 0.309 e. The Hall–Kier alpha value is -0.0400. The van der Waals surface area contributed by atoms with Gasteiger partial charge in [0.15, 0.2) is 0 Å². The van der Waals surface area contributed by atoms with E-state index in [9.17, 15) is 0 Å². The van der Waals surface area contributed by atoms with Gasteiger partial charge in [-0.3, -0.25) is 0 Å². The van der Waals surface area contributed by atoms with E-state index in [-0.39, 0.29) is 0 Å². The number of rotatable bonds is 4. The predicted molar refractivity (Wildman–Crippen MR) is 54.0 cm³/mol. The van der Waals surface area contributed by atoms with E-state index in [0.717, 1.165) is 5.92 Å². The smallest absolute Gasteiger partial charge is 0.00223 e. The van der Waals surface area contributed by atoms with E-state index in [1.807, 2.05) is 13.8 Å². The van der Waals surface area contributed by atoms with Gasteiger partial charge in [0, 0.05) is 0 Å². The molecule has 1 unspecified atom stereocenters. The number of hydrogen-bond donors (Lipinski definition) is 0. The van der Waals surface area contributed by atoms with Crippen LogP contribution in [0.4, 0.5) is 0 Å². The van der Waals surface area contributed by atoms with Crippen molar-refractivity contribution in [3.05, 3.63) is 0 Å². The van der Waals surface area contributed by atoms with Crippen LogP contribution < -0.4 is 0 Å². The zero-order valence-electron chi connectivity index (χ0n) is 9.15. The second-order valence-electron chi connectivity index (χ2n) is 3.11. The summed E-state index contributed by atoms with van der Waals surface area (Å²) in [6.07, 6.45) is 2.65. The first kappa shape index (κ1) is 13.5.